The Bertz CT molecular complexity index is 1120. The molecule has 1 N–H and O–H groups in total. The largest absolute Gasteiger partial charge is 0.492 e. The Balaban J connectivity index is 1.38. The maximum Gasteiger partial charge on any atom is 0.265 e. The van der Waals surface area contributed by atoms with Crippen LogP contribution in [0.1, 0.15) is 12.5 Å². The minimum Gasteiger partial charge on any atom is -0.492 e. The molecule has 0 unspecified atom stereocenters. The van der Waals surface area contributed by atoms with Gasteiger partial charge in [0, 0.05) is 5.69 Å². The monoisotopic (exact) mass is 446 g/mol. The summed E-state index contributed by atoms with van der Waals surface area (Å²) in [4.78, 5) is 26.5. The number of anilines is 2. The molecule has 3 aromatic rings. The van der Waals surface area contributed by atoms with Gasteiger partial charge in [-0.15, -0.1) is 0 Å². The fourth-order valence-corrected chi connectivity index (χ4v) is 3.50. The van der Waals surface area contributed by atoms with Crippen molar-refractivity contribution in [3.8, 4) is 17.2 Å². The van der Waals surface area contributed by atoms with Crippen LogP contribution in [0.4, 0.5) is 11.4 Å². The Morgan fingerprint density at radius 3 is 2.64 bits per heavy atom. The van der Waals surface area contributed by atoms with Crippen molar-refractivity contribution in [1.82, 2.24) is 0 Å². The topological polar surface area (TPSA) is 77.1 Å². The van der Waals surface area contributed by atoms with E-state index in [9.17, 15) is 9.59 Å². The van der Waals surface area contributed by atoms with Gasteiger partial charge in [-0.2, -0.15) is 0 Å². The molecule has 33 heavy (non-hydrogen) atoms. The summed E-state index contributed by atoms with van der Waals surface area (Å²) in [6, 6.07) is 22.3. The van der Waals surface area contributed by atoms with Gasteiger partial charge in [-0.3, -0.25) is 9.59 Å². The number of fused-ring (bicyclic) bond motifs is 1. The van der Waals surface area contributed by atoms with Crippen LogP contribution in [0.2, 0.25) is 0 Å². The van der Waals surface area contributed by atoms with Crippen molar-refractivity contribution in [3.05, 3.63) is 78.4 Å². The number of para-hydroxylation sites is 1. The molecule has 0 radical (unpaired) electrons. The molecule has 0 bridgehead atoms. The Morgan fingerprint density at radius 2 is 1.82 bits per heavy atom. The van der Waals surface area contributed by atoms with Crippen LogP contribution in [-0.2, 0) is 16.0 Å². The van der Waals surface area contributed by atoms with E-state index < -0.39 is 0 Å². The van der Waals surface area contributed by atoms with Gasteiger partial charge >= 0.3 is 0 Å². The summed E-state index contributed by atoms with van der Waals surface area (Å²) in [6.45, 7) is 2.60. The molecule has 0 spiro atoms. The summed E-state index contributed by atoms with van der Waals surface area (Å²) in [6.07, 6.45) is 0.895. The zero-order chi connectivity index (χ0) is 23.0. The molecule has 0 aromatic heterocycles. The van der Waals surface area contributed by atoms with Crippen molar-refractivity contribution < 1.29 is 23.8 Å². The SMILES string of the molecule is CCc1cccc(OCC(=O)Nc2ccc3c(c2)N(CCOc2ccccc2)C(=O)CO3)c1. The lowest BCUT2D eigenvalue weighted by atomic mass is 10.2. The average molecular weight is 447 g/mol. The summed E-state index contributed by atoms with van der Waals surface area (Å²) < 4.78 is 16.9. The second-order valence-electron chi connectivity index (χ2n) is 7.52. The number of hydrogen-bond donors (Lipinski definition) is 1. The molecule has 0 saturated carbocycles. The van der Waals surface area contributed by atoms with Crippen LogP contribution in [0.5, 0.6) is 17.2 Å². The van der Waals surface area contributed by atoms with E-state index in [2.05, 4.69) is 12.2 Å². The molecular weight excluding hydrogens is 420 g/mol. The zero-order valence-electron chi connectivity index (χ0n) is 18.5. The summed E-state index contributed by atoms with van der Waals surface area (Å²) in [5.74, 6) is 1.52. The molecule has 4 rings (SSSR count). The first-order valence-corrected chi connectivity index (χ1v) is 10.9. The van der Waals surface area contributed by atoms with E-state index in [0.29, 0.717) is 36.0 Å². The molecule has 2 amide bonds. The van der Waals surface area contributed by atoms with Gasteiger partial charge in [0.25, 0.3) is 11.8 Å². The molecule has 0 aliphatic carbocycles. The summed E-state index contributed by atoms with van der Waals surface area (Å²) in [5, 5.41) is 2.82. The molecule has 1 aliphatic rings. The molecule has 1 aliphatic heterocycles. The first-order chi connectivity index (χ1) is 16.1. The van der Waals surface area contributed by atoms with Crippen LogP contribution in [-0.4, -0.2) is 38.2 Å². The summed E-state index contributed by atoms with van der Waals surface area (Å²) in [7, 11) is 0. The molecule has 0 saturated heterocycles. The molecule has 7 heteroatoms. The third kappa shape index (κ3) is 5.83. The van der Waals surface area contributed by atoms with E-state index >= 15 is 0 Å². The molecule has 0 fully saturated rings. The number of nitrogens with one attached hydrogen (secondary N) is 1. The number of carbonyl (C=O) groups excluding carboxylic acids is 2. The maximum absolute atomic E-state index is 12.5. The van der Waals surface area contributed by atoms with Gasteiger partial charge in [0.05, 0.1) is 12.2 Å². The molecule has 170 valence electrons. The van der Waals surface area contributed by atoms with Crippen molar-refractivity contribution in [1.29, 1.82) is 0 Å². The highest BCUT2D eigenvalue weighted by Crippen LogP contribution is 2.34. The zero-order valence-corrected chi connectivity index (χ0v) is 18.5. The standard InChI is InChI=1S/C26H26N2O5/c1-2-19-7-6-10-22(15-19)32-17-25(29)27-20-11-12-24-23(16-20)28(26(30)18-33-24)13-14-31-21-8-4-3-5-9-21/h3-12,15-16H,2,13-14,17-18H2,1H3,(H,27,29). The Hall–Kier alpha value is -4.00. The number of nitrogens with zero attached hydrogens (tertiary/aromatic N) is 1. The Kier molecular flexibility index (Phi) is 7.09. The quantitative estimate of drug-likeness (QED) is 0.536. The van der Waals surface area contributed by atoms with Gasteiger partial charge in [0.2, 0.25) is 0 Å². The first kappa shape index (κ1) is 22.2. The van der Waals surface area contributed by atoms with Crippen molar-refractivity contribution in [2.75, 3.05) is 36.6 Å². The molecule has 1 heterocycles. The highest BCUT2D eigenvalue weighted by molar-refractivity contribution is 5.99. The van der Waals surface area contributed by atoms with Gasteiger partial charge in [-0.05, 0) is 54.4 Å². The number of ether oxygens (including phenoxy) is 3. The molecular formula is C26H26N2O5. The lowest BCUT2D eigenvalue weighted by molar-refractivity contribution is -0.121. The predicted octanol–water partition coefficient (Wildman–Crippen LogP) is 4.07. The number of amides is 2. The predicted molar refractivity (Wildman–Crippen MR) is 126 cm³/mol. The molecule has 7 nitrogen and oxygen atoms in total. The smallest absolute Gasteiger partial charge is 0.265 e. The number of rotatable bonds is 9. The van der Waals surface area contributed by atoms with Crippen LogP contribution in [0.25, 0.3) is 0 Å². The third-order valence-electron chi connectivity index (χ3n) is 5.19. The van der Waals surface area contributed by atoms with E-state index in [-0.39, 0.29) is 25.0 Å². The van der Waals surface area contributed by atoms with Crippen LogP contribution in [0.15, 0.2) is 72.8 Å². The van der Waals surface area contributed by atoms with E-state index in [1.54, 1.807) is 23.1 Å². The average Bonchev–Trinajstić information content (AvgIpc) is 2.85. The van der Waals surface area contributed by atoms with Crippen LogP contribution in [0.3, 0.4) is 0 Å². The Labute approximate surface area is 192 Å². The van der Waals surface area contributed by atoms with Crippen LogP contribution in [0, 0.1) is 0 Å². The minimum atomic E-state index is -0.293. The number of aryl methyl sites for hydroxylation is 1. The highest BCUT2D eigenvalue weighted by Gasteiger charge is 2.26. The molecule has 3 aromatic carbocycles. The van der Waals surface area contributed by atoms with Gasteiger partial charge in [0.15, 0.2) is 13.2 Å². The Morgan fingerprint density at radius 1 is 1.00 bits per heavy atom. The van der Waals surface area contributed by atoms with E-state index in [4.69, 9.17) is 14.2 Å². The fraction of sp³-hybridized carbons (Fsp3) is 0.231. The van der Waals surface area contributed by atoms with Gasteiger partial charge < -0.3 is 24.4 Å². The molecule has 0 atom stereocenters. The van der Waals surface area contributed by atoms with Crippen molar-refractivity contribution in [2.24, 2.45) is 0 Å². The van der Waals surface area contributed by atoms with Crippen molar-refractivity contribution in [2.45, 2.75) is 13.3 Å². The van der Waals surface area contributed by atoms with Crippen molar-refractivity contribution >= 4 is 23.2 Å². The number of hydrogen-bond acceptors (Lipinski definition) is 5. The van der Waals surface area contributed by atoms with E-state index in [1.807, 2.05) is 54.6 Å². The number of benzene rings is 3. The fourth-order valence-electron chi connectivity index (χ4n) is 3.50. The number of carbonyl (C=O) groups is 2. The second-order valence-corrected chi connectivity index (χ2v) is 7.52. The van der Waals surface area contributed by atoms with E-state index in [1.165, 1.54) is 0 Å². The maximum atomic E-state index is 12.5. The minimum absolute atomic E-state index is 0.0330. The summed E-state index contributed by atoms with van der Waals surface area (Å²) in [5.41, 5.74) is 2.29. The van der Waals surface area contributed by atoms with Crippen LogP contribution < -0.4 is 24.4 Å². The van der Waals surface area contributed by atoms with Crippen molar-refractivity contribution in [3.63, 3.8) is 0 Å². The first-order valence-electron chi connectivity index (χ1n) is 10.9. The van der Waals surface area contributed by atoms with Crippen LogP contribution >= 0.6 is 0 Å². The van der Waals surface area contributed by atoms with E-state index in [0.717, 1.165) is 17.7 Å². The highest BCUT2D eigenvalue weighted by atomic mass is 16.5. The normalized spacial score (nSPS) is 12.5. The van der Waals surface area contributed by atoms with Gasteiger partial charge in [0.1, 0.15) is 23.9 Å². The van der Waals surface area contributed by atoms with Gasteiger partial charge in [-0.25, -0.2) is 0 Å². The second kappa shape index (κ2) is 10.5. The lowest BCUT2D eigenvalue weighted by Gasteiger charge is -2.29. The lowest BCUT2D eigenvalue weighted by Crippen LogP contribution is -2.41. The van der Waals surface area contributed by atoms with Gasteiger partial charge in [-0.1, -0.05) is 37.3 Å². The summed E-state index contributed by atoms with van der Waals surface area (Å²) >= 11 is 0. The third-order valence-corrected chi connectivity index (χ3v) is 5.19.